The highest BCUT2D eigenvalue weighted by atomic mass is 79.9. The standard InChI is InChI=1S/C14H17BrN2O4/c1-14(2)9-16(8-12(7-15)21-14)13(18)10-4-3-5-11(6-10)17(19)20/h3-6,12H,7-9H2,1-2H3. The molecule has 2 rings (SSSR count). The monoisotopic (exact) mass is 356 g/mol. The van der Waals surface area contributed by atoms with Crippen molar-refractivity contribution in [3.63, 3.8) is 0 Å². The van der Waals surface area contributed by atoms with E-state index in [2.05, 4.69) is 15.9 Å². The normalized spacial score (nSPS) is 21.1. The van der Waals surface area contributed by atoms with E-state index in [9.17, 15) is 14.9 Å². The lowest BCUT2D eigenvalue weighted by molar-refractivity contribution is -0.384. The molecule has 1 aliphatic heterocycles. The molecular weight excluding hydrogens is 340 g/mol. The van der Waals surface area contributed by atoms with Gasteiger partial charge in [0.05, 0.1) is 16.6 Å². The first-order valence-electron chi connectivity index (χ1n) is 6.60. The van der Waals surface area contributed by atoms with Gasteiger partial charge < -0.3 is 9.64 Å². The van der Waals surface area contributed by atoms with E-state index in [-0.39, 0.29) is 17.7 Å². The van der Waals surface area contributed by atoms with Crippen LogP contribution in [0.15, 0.2) is 24.3 Å². The number of nitro groups is 1. The minimum atomic E-state index is -0.499. The van der Waals surface area contributed by atoms with Crippen LogP contribution in [0.25, 0.3) is 0 Å². The third kappa shape index (κ3) is 3.79. The molecule has 6 nitrogen and oxygen atoms in total. The zero-order valence-electron chi connectivity index (χ0n) is 11.9. The fourth-order valence-electron chi connectivity index (χ4n) is 2.47. The van der Waals surface area contributed by atoms with Gasteiger partial charge in [0.1, 0.15) is 0 Å². The van der Waals surface area contributed by atoms with Crippen molar-refractivity contribution in [1.82, 2.24) is 4.90 Å². The van der Waals surface area contributed by atoms with Crippen molar-refractivity contribution in [2.75, 3.05) is 18.4 Å². The number of amides is 1. The second-order valence-electron chi connectivity index (χ2n) is 5.65. The van der Waals surface area contributed by atoms with Gasteiger partial charge in [-0.15, -0.1) is 0 Å². The summed E-state index contributed by atoms with van der Waals surface area (Å²) in [5.74, 6) is -0.207. The van der Waals surface area contributed by atoms with Crippen LogP contribution in [0.5, 0.6) is 0 Å². The number of rotatable bonds is 3. The summed E-state index contributed by atoms with van der Waals surface area (Å²) in [7, 11) is 0. The largest absolute Gasteiger partial charge is 0.368 e. The molecule has 0 N–H and O–H groups in total. The first-order valence-corrected chi connectivity index (χ1v) is 7.72. The fourth-order valence-corrected chi connectivity index (χ4v) is 2.80. The van der Waals surface area contributed by atoms with Gasteiger partial charge in [-0.3, -0.25) is 14.9 Å². The predicted molar refractivity (Wildman–Crippen MR) is 81.7 cm³/mol. The van der Waals surface area contributed by atoms with Gasteiger partial charge in [0.2, 0.25) is 0 Å². The van der Waals surface area contributed by atoms with Crippen molar-refractivity contribution in [3.8, 4) is 0 Å². The molecule has 1 saturated heterocycles. The molecule has 0 aliphatic carbocycles. The third-order valence-electron chi connectivity index (χ3n) is 3.24. The van der Waals surface area contributed by atoms with Crippen LogP contribution in [0, 0.1) is 10.1 Å². The zero-order chi connectivity index (χ0) is 15.6. The highest BCUT2D eigenvalue weighted by molar-refractivity contribution is 9.09. The molecule has 0 aromatic heterocycles. The Morgan fingerprint density at radius 2 is 2.29 bits per heavy atom. The molecule has 0 bridgehead atoms. The van der Waals surface area contributed by atoms with Crippen molar-refractivity contribution in [2.45, 2.75) is 25.6 Å². The van der Waals surface area contributed by atoms with Crippen LogP contribution in [0.4, 0.5) is 5.69 Å². The first-order chi connectivity index (χ1) is 9.82. The molecule has 1 unspecified atom stereocenters. The molecule has 1 atom stereocenters. The third-order valence-corrected chi connectivity index (χ3v) is 3.97. The Kier molecular flexibility index (Phi) is 4.63. The van der Waals surface area contributed by atoms with E-state index >= 15 is 0 Å². The van der Waals surface area contributed by atoms with E-state index in [1.165, 1.54) is 18.2 Å². The summed E-state index contributed by atoms with van der Waals surface area (Å²) in [5.41, 5.74) is -0.187. The number of carbonyl (C=O) groups is 1. The van der Waals surface area contributed by atoms with Crippen molar-refractivity contribution >= 4 is 27.5 Å². The van der Waals surface area contributed by atoms with Crippen LogP contribution in [0.1, 0.15) is 24.2 Å². The molecule has 114 valence electrons. The number of halogens is 1. The van der Waals surface area contributed by atoms with Crippen LogP contribution in [-0.2, 0) is 4.74 Å². The van der Waals surface area contributed by atoms with Gasteiger partial charge in [-0.2, -0.15) is 0 Å². The highest BCUT2D eigenvalue weighted by Gasteiger charge is 2.35. The number of benzene rings is 1. The van der Waals surface area contributed by atoms with E-state index < -0.39 is 10.5 Å². The van der Waals surface area contributed by atoms with E-state index in [4.69, 9.17) is 4.74 Å². The van der Waals surface area contributed by atoms with Gasteiger partial charge in [-0.05, 0) is 19.9 Å². The summed E-state index contributed by atoms with van der Waals surface area (Å²) in [6.07, 6.45) is -0.0867. The number of alkyl halides is 1. The van der Waals surface area contributed by atoms with Crippen molar-refractivity contribution in [2.24, 2.45) is 0 Å². The van der Waals surface area contributed by atoms with Crippen molar-refractivity contribution < 1.29 is 14.5 Å². The summed E-state index contributed by atoms with van der Waals surface area (Å²) in [6, 6.07) is 5.81. The number of hydrogen-bond donors (Lipinski definition) is 0. The van der Waals surface area contributed by atoms with Crippen LogP contribution in [0.2, 0.25) is 0 Å². The van der Waals surface area contributed by atoms with Gasteiger partial charge in [-0.25, -0.2) is 0 Å². The van der Waals surface area contributed by atoms with Crippen LogP contribution in [-0.4, -0.2) is 45.9 Å². The smallest absolute Gasteiger partial charge is 0.270 e. The van der Waals surface area contributed by atoms with Gasteiger partial charge >= 0.3 is 0 Å². The number of carbonyl (C=O) groups excluding carboxylic acids is 1. The summed E-state index contributed by atoms with van der Waals surface area (Å²) in [4.78, 5) is 24.6. The molecule has 0 saturated carbocycles. The Labute approximate surface area is 131 Å². The molecule has 1 heterocycles. The lowest BCUT2D eigenvalue weighted by Crippen LogP contribution is -2.55. The molecule has 1 aliphatic rings. The molecule has 1 aromatic rings. The lowest BCUT2D eigenvalue weighted by Gasteiger charge is -2.42. The van der Waals surface area contributed by atoms with Gasteiger partial charge in [-0.1, -0.05) is 22.0 Å². The molecule has 21 heavy (non-hydrogen) atoms. The minimum absolute atomic E-state index is 0.0783. The van der Waals surface area contributed by atoms with Crippen LogP contribution >= 0.6 is 15.9 Å². The maximum Gasteiger partial charge on any atom is 0.270 e. The average Bonchev–Trinajstić information content (AvgIpc) is 2.44. The second kappa shape index (κ2) is 6.11. The Balaban J connectivity index is 2.22. The van der Waals surface area contributed by atoms with Crippen molar-refractivity contribution in [3.05, 3.63) is 39.9 Å². The van der Waals surface area contributed by atoms with E-state index in [0.717, 1.165) is 0 Å². The molecular formula is C14H17BrN2O4. The lowest BCUT2D eigenvalue weighted by atomic mass is 10.0. The van der Waals surface area contributed by atoms with Gasteiger partial charge in [0, 0.05) is 36.1 Å². The number of nitrogens with zero attached hydrogens (tertiary/aromatic N) is 2. The van der Waals surface area contributed by atoms with E-state index in [0.29, 0.717) is 24.0 Å². The summed E-state index contributed by atoms with van der Waals surface area (Å²) in [5, 5.41) is 11.4. The van der Waals surface area contributed by atoms with Gasteiger partial charge in [0.15, 0.2) is 0 Å². The Bertz CT molecular complexity index is 562. The Morgan fingerprint density at radius 1 is 1.57 bits per heavy atom. The molecule has 1 fully saturated rings. The van der Waals surface area contributed by atoms with E-state index in [1.807, 2.05) is 13.8 Å². The first kappa shape index (κ1) is 15.9. The predicted octanol–water partition coefficient (Wildman–Crippen LogP) is 2.61. The molecule has 0 radical (unpaired) electrons. The van der Waals surface area contributed by atoms with Crippen LogP contribution < -0.4 is 0 Å². The maximum atomic E-state index is 12.6. The SMILES string of the molecule is CC1(C)CN(C(=O)c2cccc([N+](=O)[O-])c2)CC(CBr)O1. The molecule has 1 amide bonds. The van der Waals surface area contributed by atoms with Gasteiger partial charge in [0.25, 0.3) is 11.6 Å². The minimum Gasteiger partial charge on any atom is -0.368 e. The zero-order valence-corrected chi connectivity index (χ0v) is 13.5. The second-order valence-corrected chi connectivity index (χ2v) is 6.29. The fraction of sp³-hybridized carbons (Fsp3) is 0.500. The highest BCUT2D eigenvalue weighted by Crippen LogP contribution is 2.24. The summed E-state index contributed by atoms with van der Waals surface area (Å²) < 4.78 is 5.85. The number of morpholine rings is 1. The molecule has 7 heteroatoms. The van der Waals surface area contributed by atoms with Crippen molar-refractivity contribution in [1.29, 1.82) is 0 Å². The van der Waals surface area contributed by atoms with Crippen LogP contribution in [0.3, 0.4) is 0 Å². The maximum absolute atomic E-state index is 12.6. The summed E-state index contributed by atoms with van der Waals surface area (Å²) >= 11 is 3.37. The number of non-ortho nitro benzene ring substituents is 1. The van der Waals surface area contributed by atoms with E-state index in [1.54, 1.807) is 11.0 Å². The molecule has 1 aromatic carbocycles. The summed E-state index contributed by atoms with van der Waals surface area (Å²) in [6.45, 7) is 4.78. The average molecular weight is 357 g/mol. The Morgan fingerprint density at radius 3 is 2.90 bits per heavy atom. The topological polar surface area (TPSA) is 72.7 Å². The molecule has 0 spiro atoms. The quantitative estimate of drug-likeness (QED) is 0.474. The number of hydrogen-bond acceptors (Lipinski definition) is 4. The Hall–Kier alpha value is -1.47. The number of nitro benzene ring substituents is 1. The number of ether oxygens (including phenoxy) is 1.